The van der Waals surface area contributed by atoms with E-state index in [2.05, 4.69) is 0 Å². The highest BCUT2D eigenvalue weighted by Crippen LogP contribution is 2.24. The summed E-state index contributed by atoms with van der Waals surface area (Å²) in [6.45, 7) is 1.45. The summed E-state index contributed by atoms with van der Waals surface area (Å²) in [5, 5.41) is 18.0. The quantitative estimate of drug-likeness (QED) is 0.828. The minimum absolute atomic E-state index is 0.0473. The van der Waals surface area contributed by atoms with Gasteiger partial charge in [-0.2, -0.15) is 5.26 Å². The maximum atomic E-state index is 13.5. The van der Waals surface area contributed by atoms with Crippen molar-refractivity contribution in [3.63, 3.8) is 0 Å². The van der Waals surface area contributed by atoms with Crippen LogP contribution in [-0.4, -0.2) is 37.5 Å². The number of hydrogen-bond acceptors (Lipinski definition) is 4. The lowest BCUT2D eigenvalue weighted by Gasteiger charge is -2.34. The van der Waals surface area contributed by atoms with E-state index in [-0.39, 0.29) is 18.3 Å². The number of benzene rings is 1. The molecule has 1 aromatic carbocycles. The largest absolute Gasteiger partial charge is 0.394 e. The predicted octanol–water partition coefficient (Wildman–Crippen LogP) is 0.895. The van der Waals surface area contributed by atoms with Gasteiger partial charge in [0, 0.05) is 13.1 Å². The molecule has 4 nitrogen and oxygen atoms in total. The fraction of sp³-hybridized carbons (Fsp3) is 0.417. The summed E-state index contributed by atoms with van der Waals surface area (Å²) < 4.78 is 18.8. The molecular formula is C12H13FN2O2. The summed E-state index contributed by atoms with van der Waals surface area (Å²) in [4.78, 5) is 1.87. The Balaban J connectivity index is 2.28. The van der Waals surface area contributed by atoms with E-state index in [1.807, 2.05) is 11.0 Å². The molecule has 90 valence electrons. The number of hydrogen-bond donors (Lipinski definition) is 1. The second kappa shape index (κ2) is 5.13. The fourth-order valence-electron chi connectivity index (χ4n) is 1.94. The van der Waals surface area contributed by atoms with Crippen LogP contribution < -0.4 is 4.90 Å². The van der Waals surface area contributed by atoms with Gasteiger partial charge in [-0.1, -0.05) is 6.07 Å². The van der Waals surface area contributed by atoms with Gasteiger partial charge in [-0.3, -0.25) is 0 Å². The predicted molar refractivity (Wildman–Crippen MR) is 60.2 cm³/mol. The van der Waals surface area contributed by atoms with E-state index >= 15 is 0 Å². The molecule has 1 unspecified atom stereocenters. The van der Waals surface area contributed by atoms with E-state index in [1.54, 1.807) is 12.1 Å². The highest BCUT2D eigenvalue weighted by Gasteiger charge is 2.22. The smallest absolute Gasteiger partial charge is 0.143 e. The van der Waals surface area contributed by atoms with Crippen LogP contribution in [0.4, 0.5) is 10.1 Å². The van der Waals surface area contributed by atoms with Gasteiger partial charge in [0.25, 0.3) is 0 Å². The topological polar surface area (TPSA) is 56.5 Å². The van der Waals surface area contributed by atoms with Crippen LogP contribution in [0.25, 0.3) is 0 Å². The van der Waals surface area contributed by atoms with Gasteiger partial charge in [-0.25, -0.2) is 4.39 Å². The molecule has 1 heterocycles. The molecule has 17 heavy (non-hydrogen) atoms. The van der Waals surface area contributed by atoms with Gasteiger partial charge in [0.05, 0.1) is 25.0 Å². The number of nitrogens with zero attached hydrogens (tertiary/aromatic N) is 2. The van der Waals surface area contributed by atoms with E-state index in [0.717, 1.165) is 0 Å². The van der Waals surface area contributed by atoms with Crippen molar-refractivity contribution in [3.05, 3.63) is 29.6 Å². The van der Waals surface area contributed by atoms with Crippen LogP contribution in [0.1, 0.15) is 5.56 Å². The number of ether oxygens (including phenoxy) is 1. The molecule has 1 saturated heterocycles. The average molecular weight is 236 g/mol. The molecule has 1 aliphatic heterocycles. The molecule has 1 N–H and O–H groups in total. The lowest BCUT2D eigenvalue weighted by molar-refractivity contribution is 0.00354. The minimum atomic E-state index is -0.517. The van der Waals surface area contributed by atoms with Gasteiger partial charge in [0.15, 0.2) is 0 Å². The van der Waals surface area contributed by atoms with E-state index < -0.39 is 5.82 Å². The fourth-order valence-corrected chi connectivity index (χ4v) is 1.94. The second-order valence-electron chi connectivity index (χ2n) is 3.87. The standard InChI is InChI=1S/C12H13FN2O2/c13-11-2-1-3-12(10(11)6-14)15-4-5-17-9(7-15)8-16/h1-3,9,16H,4-5,7-8H2. The van der Waals surface area contributed by atoms with Gasteiger partial charge in [-0.15, -0.1) is 0 Å². The van der Waals surface area contributed by atoms with Gasteiger partial charge in [-0.05, 0) is 12.1 Å². The monoisotopic (exact) mass is 236 g/mol. The van der Waals surface area contributed by atoms with Crippen molar-refractivity contribution in [2.45, 2.75) is 6.10 Å². The van der Waals surface area contributed by atoms with E-state index in [1.165, 1.54) is 6.07 Å². The highest BCUT2D eigenvalue weighted by atomic mass is 19.1. The summed E-state index contributed by atoms with van der Waals surface area (Å²) in [5.74, 6) is -0.517. The van der Waals surface area contributed by atoms with Crippen molar-refractivity contribution < 1.29 is 14.2 Å². The third kappa shape index (κ3) is 2.38. The molecular weight excluding hydrogens is 223 g/mol. The summed E-state index contributed by atoms with van der Waals surface area (Å²) >= 11 is 0. The second-order valence-corrected chi connectivity index (χ2v) is 3.87. The third-order valence-corrected chi connectivity index (χ3v) is 2.79. The zero-order valence-electron chi connectivity index (χ0n) is 9.27. The summed E-state index contributed by atoms with van der Waals surface area (Å²) in [6.07, 6.45) is -0.279. The molecule has 0 bridgehead atoms. The Bertz CT molecular complexity index is 445. The molecule has 0 saturated carbocycles. The van der Waals surface area contributed by atoms with Crippen molar-refractivity contribution in [3.8, 4) is 6.07 Å². The van der Waals surface area contributed by atoms with Crippen LogP contribution in [0.3, 0.4) is 0 Å². The van der Waals surface area contributed by atoms with Crippen LogP contribution >= 0.6 is 0 Å². The molecule has 1 aromatic rings. The zero-order chi connectivity index (χ0) is 12.3. The van der Waals surface area contributed by atoms with Crippen molar-refractivity contribution in [2.75, 3.05) is 31.2 Å². The summed E-state index contributed by atoms with van der Waals surface area (Å²) in [7, 11) is 0. The van der Waals surface area contributed by atoms with Crippen molar-refractivity contribution in [1.29, 1.82) is 5.26 Å². The molecule has 0 spiro atoms. The van der Waals surface area contributed by atoms with Crippen LogP contribution in [0.2, 0.25) is 0 Å². The normalized spacial score (nSPS) is 20.1. The maximum absolute atomic E-state index is 13.5. The Labute approximate surface area is 98.8 Å². The number of anilines is 1. The first-order valence-electron chi connectivity index (χ1n) is 5.42. The first kappa shape index (κ1) is 11.8. The lowest BCUT2D eigenvalue weighted by atomic mass is 10.1. The SMILES string of the molecule is N#Cc1c(F)cccc1N1CCOC(CO)C1. The number of morpholine rings is 1. The molecule has 1 atom stereocenters. The molecule has 0 radical (unpaired) electrons. The van der Waals surface area contributed by atoms with Crippen LogP contribution in [-0.2, 0) is 4.74 Å². The molecule has 2 rings (SSSR count). The average Bonchev–Trinajstić information content (AvgIpc) is 2.38. The zero-order valence-corrected chi connectivity index (χ0v) is 9.27. The Morgan fingerprint density at radius 2 is 2.41 bits per heavy atom. The van der Waals surface area contributed by atoms with Gasteiger partial charge in [0.2, 0.25) is 0 Å². The minimum Gasteiger partial charge on any atom is -0.394 e. The number of nitriles is 1. The van der Waals surface area contributed by atoms with Crippen LogP contribution in [0.15, 0.2) is 18.2 Å². The Hall–Kier alpha value is -1.64. The maximum Gasteiger partial charge on any atom is 0.143 e. The molecule has 0 amide bonds. The first-order chi connectivity index (χ1) is 8.26. The molecule has 1 fully saturated rings. The first-order valence-corrected chi connectivity index (χ1v) is 5.42. The Morgan fingerprint density at radius 1 is 1.59 bits per heavy atom. The van der Waals surface area contributed by atoms with Gasteiger partial charge in [0.1, 0.15) is 17.4 Å². The van der Waals surface area contributed by atoms with Crippen LogP contribution in [0.5, 0.6) is 0 Å². The van der Waals surface area contributed by atoms with Gasteiger partial charge >= 0.3 is 0 Å². The van der Waals surface area contributed by atoms with Crippen molar-refractivity contribution in [2.24, 2.45) is 0 Å². The molecule has 1 aliphatic rings. The van der Waals surface area contributed by atoms with E-state index in [0.29, 0.717) is 25.4 Å². The lowest BCUT2D eigenvalue weighted by Crippen LogP contribution is -2.44. The third-order valence-electron chi connectivity index (χ3n) is 2.79. The molecule has 0 aromatic heterocycles. The van der Waals surface area contributed by atoms with Crippen molar-refractivity contribution >= 4 is 5.69 Å². The number of rotatable bonds is 2. The number of aliphatic hydroxyl groups is 1. The van der Waals surface area contributed by atoms with Gasteiger partial charge < -0.3 is 14.7 Å². The van der Waals surface area contributed by atoms with Crippen LogP contribution in [0, 0.1) is 17.1 Å². The van der Waals surface area contributed by atoms with E-state index in [4.69, 9.17) is 15.1 Å². The summed E-state index contributed by atoms with van der Waals surface area (Å²) in [6, 6.07) is 6.43. The van der Waals surface area contributed by atoms with Crippen molar-refractivity contribution in [1.82, 2.24) is 0 Å². The highest BCUT2D eigenvalue weighted by molar-refractivity contribution is 5.60. The Kier molecular flexibility index (Phi) is 3.57. The number of aliphatic hydroxyl groups excluding tert-OH is 1. The molecule has 0 aliphatic carbocycles. The molecule has 5 heteroatoms. The summed E-state index contributed by atoms with van der Waals surface area (Å²) in [5.41, 5.74) is 0.611. The van der Waals surface area contributed by atoms with E-state index in [9.17, 15) is 4.39 Å². The Morgan fingerprint density at radius 3 is 3.12 bits per heavy atom. The number of halogens is 1.